The van der Waals surface area contributed by atoms with Crippen LogP contribution in [0.15, 0.2) is 54.5 Å². The molecule has 1 aliphatic rings. The molecule has 33 heavy (non-hydrogen) atoms. The standard InChI is InChI=1S/C26H33N3O4/c1-5-28(16-13-20-11-14-27-15-12-20)24-23(21-7-9-22(10-8-21)32-6-2)25(30)29(26(24)31)17-18-33-19(3)4/h7-12,14-15,19H,5-6,13,16-18H2,1-4H3. The summed E-state index contributed by atoms with van der Waals surface area (Å²) in [5, 5.41) is 0. The number of aromatic nitrogens is 1. The molecule has 1 aliphatic heterocycles. The molecule has 2 heterocycles. The highest BCUT2D eigenvalue weighted by Crippen LogP contribution is 2.32. The van der Waals surface area contributed by atoms with Crippen molar-refractivity contribution in [2.45, 2.75) is 40.2 Å². The van der Waals surface area contributed by atoms with Crippen LogP contribution in [0.25, 0.3) is 5.57 Å². The molecule has 0 saturated heterocycles. The SMILES string of the molecule is CCOc1ccc(C2=C(N(CC)CCc3ccncc3)C(=O)N(CCOC(C)C)C2=O)cc1. The van der Waals surface area contributed by atoms with E-state index < -0.39 is 0 Å². The number of carbonyl (C=O) groups is 2. The minimum absolute atomic E-state index is 0.0309. The lowest BCUT2D eigenvalue weighted by Crippen LogP contribution is -2.38. The molecule has 0 radical (unpaired) electrons. The second-order valence-electron chi connectivity index (χ2n) is 8.05. The molecule has 7 nitrogen and oxygen atoms in total. The van der Waals surface area contributed by atoms with Crippen molar-refractivity contribution in [3.05, 3.63) is 65.6 Å². The summed E-state index contributed by atoms with van der Waals surface area (Å²) < 4.78 is 11.2. The van der Waals surface area contributed by atoms with E-state index in [-0.39, 0.29) is 24.5 Å². The predicted octanol–water partition coefficient (Wildman–Crippen LogP) is 3.55. The fraction of sp³-hybridized carbons (Fsp3) is 0.423. The Hall–Kier alpha value is -3.19. The van der Waals surface area contributed by atoms with Gasteiger partial charge in [-0.15, -0.1) is 0 Å². The fourth-order valence-corrected chi connectivity index (χ4v) is 3.83. The third kappa shape index (κ3) is 5.99. The van der Waals surface area contributed by atoms with Gasteiger partial charge in [0.15, 0.2) is 0 Å². The maximum absolute atomic E-state index is 13.5. The van der Waals surface area contributed by atoms with Crippen molar-refractivity contribution in [1.82, 2.24) is 14.8 Å². The summed E-state index contributed by atoms with van der Waals surface area (Å²) in [6.45, 7) is 10.1. The first-order valence-electron chi connectivity index (χ1n) is 11.5. The summed E-state index contributed by atoms with van der Waals surface area (Å²) in [5.41, 5.74) is 2.72. The van der Waals surface area contributed by atoms with Crippen LogP contribution in [-0.4, -0.2) is 65.6 Å². The van der Waals surface area contributed by atoms with Crippen LogP contribution in [0.2, 0.25) is 0 Å². The third-order valence-electron chi connectivity index (χ3n) is 5.48. The molecule has 0 fully saturated rings. The molecule has 0 unspecified atom stereocenters. The lowest BCUT2D eigenvalue weighted by Gasteiger charge is -2.25. The molecule has 1 aromatic carbocycles. The lowest BCUT2D eigenvalue weighted by atomic mass is 10.0. The largest absolute Gasteiger partial charge is 0.494 e. The van der Waals surface area contributed by atoms with Crippen LogP contribution < -0.4 is 4.74 Å². The Labute approximate surface area is 196 Å². The number of imide groups is 1. The second kappa shape index (κ2) is 11.6. The van der Waals surface area contributed by atoms with Crippen molar-refractivity contribution in [1.29, 1.82) is 0 Å². The maximum Gasteiger partial charge on any atom is 0.277 e. The minimum atomic E-state index is -0.283. The molecule has 0 saturated carbocycles. The van der Waals surface area contributed by atoms with Crippen molar-refractivity contribution in [3.8, 4) is 5.75 Å². The number of likely N-dealkylation sites (N-methyl/N-ethyl adjacent to an activating group) is 1. The summed E-state index contributed by atoms with van der Waals surface area (Å²) in [4.78, 5) is 34.3. The number of carbonyl (C=O) groups excluding carboxylic acids is 2. The van der Waals surface area contributed by atoms with Crippen molar-refractivity contribution >= 4 is 17.4 Å². The summed E-state index contributed by atoms with van der Waals surface area (Å²) in [6.07, 6.45) is 4.30. The molecular formula is C26H33N3O4. The van der Waals surface area contributed by atoms with E-state index in [0.717, 1.165) is 17.7 Å². The summed E-state index contributed by atoms with van der Waals surface area (Å²) in [5.74, 6) is 0.175. The van der Waals surface area contributed by atoms with Gasteiger partial charge in [0.05, 0.1) is 31.4 Å². The maximum atomic E-state index is 13.5. The zero-order valence-electron chi connectivity index (χ0n) is 19.9. The second-order valence-corrected chi connectivity index (χ2v) is 8.05. The van der Waals surface area contributed by atoms with Crippen LogP contribution in [0.4, 0.5) is 0 Å². The third-order valence-corrected chi connectivity index (χ3v) is 5.48. The molecule has 0 atom stereocenters. The van der Waals surface area contributed by atoms with Gasteiger partial charge in [-0.1, -0.05) is 12.1 Å². The molecule has 0 spiro atoms. The average Bonchev–Trinajstić information content (AvgIpc) is 3.06. The smallest absolute Gasteiger partial charge is 0.277 e. The van der Waals surface area contributed by atoms with Gasteiger partial charge in [0.1, 0.15) is 11.4 Å². The van der Waals surface area contributed by atoms with E-state index in [0.29, 0.717) is 43.1 Å². The number of nitrogens with zero attached hydrogens (tertiary/aromatic N) is 3. The number of pyridine rings is 1. The highest BCUT2D eigenvalue weighted by molar-refractivity contribution is 6.35. The Kier molecular flexibility index (Phi) is 8.60. The first-order chi connectivity index (χ1) is 16.0. The summed E-state index contributed by atoms with van der Waals surface area (Å²) in [6, 6.07) is 11.3. The Bertz CT molecular complexity index is 971. The molecule has 0 aliphatic carbocycles. The zero-order chi connectivity index (χ0) is 23.8. The van der Waals surface area contributed by atoms with Crippen LogP contribution in [0.1, 0.15) is 38.8 Å². The summed E-state index contributed by atoms with van der Waals surface area (Å²) >= 11 is 0. The van der Waals surface area contributed by atoms with Gasteiger partial charge in [-0.2, -0.15) is 0 Å². The van der Waals surface area contributed by atoms with E-state index in [1.54, 1.807) is 12.4 Å². The normalized spacial score (nSPS) is 13.9. The Morgan fingerprint density at radius 3 is 2.30 bits per heavy atom. The molecule has 0 bridgehead atoms. The molecule has 3 rings (SSSR count). The first-order valence-corrected chi connectivity index (χ1v) is 11.5. The van der Waals surface area contributed by atoms with Crippen LogP contribution in [-0.2, 0) is 20.7 Å². The van der Waals surface area contributed by atoms with E-state index in [4.69, 9.17) is 9.47 Å². The van der Waals surface area contributed by atoms with Crippen LogP contribution in [0.5, 0.6) is 5.75 Å². The Balaban J connectivity index is 1.92. The van der Waals surface area contributed by atoms with E-state index in [1.165, 1.54) is 4.90 Å². The topological polar surface area (TPSA) is 72.0 Å². The van der Waals surface area contributed by atoms with E-state index in [9.17, 15) is 9.59 Å². The quantitative estimate of drug-likeness (QED) is 0.460. The van der Waals surface area contributed by atoms with Gasteiger partial charge < -0.3 is 14.4 Å². The summed E-state index contributed by atoms with van der Waals surface area (Å²) in [7, 11) is 0. The number of amides is 2. The number of hydrogen-bond acceptors (Lipinski definition) is 6. The molecule has 7 heteroatoms. The molecule has 1 aromatic heterocycles. The van der Waals surface area contributed by atoms with Crippen LogP contribution >= 0.6 is 0 Å². The molecule has 2 aromatic rings. The van der Waals surface area contributed by atoms with Gasteiger partial charge in [0.25, 0.3) is 11.8 Å². The number of rotatable bonds is 12. The average molecular weight is 452 g/mol. The minimum Gasteiger partial charge on any atom is -0.494 e. The fourth-order valence-electron chi connectivity index (χ4n) is 3.83. The van der Waals surface area contributed by atoms with E-state index >= 15 is 0 Å². The number of ether oxygens (including phenoxy) is 2. The highest BCUT2D eigenvalue weighted by Gasteiger charge is 2.41. The Morgan fingerprint density at radius 1 is 1.00 bits per heavy atom. The van der Waals surface area contributed by atoms with Crippen molar-refractivity contribution in [3.63, 3.8) is 0 Å². The van der Waals surface area contributed by atoms with E-state index in [1.807, 2.05) is 69.0 Å². The van der Waals surface area contributed by atoms with Crippen molar-refractivity contribution < 1.29 is 19.1 Å². The van der Waals surface area contributed by atoms with Crippen LogP contribution in [0.3, 0.4) is 0 Å². The Morgan fingerprint density at radius 2 is 1.70 bits per heavy atom. The zero-order valence-corrected chi connectivity index (χ0v) is 19.9. The molecule has 2 amide bonds. The molecule has 176 valence electrons. The van der Waals surface area contributed by atoms with Crippen molar-refractivity contribution in [2.24, 2.45) is 0 Å². The van der Waals surface area contributed by atoms with Gasteiger partial charge in [0, 0.05) is 25.5 Å². The van der Waals surface area contributed by atoms with Gasteiger partial charge in [-0.05, 0) is 69.5 Å². The monoisotopic (exact) mass is 451 g/mol. The van der Waals surface area contributed by atoms with Crippen molar-refractivity contribution in [2.75, 3.05) is 32.8 Å². The molecular weight excluding hydrogens is 418 g/mol. The lowest BCUT2D eigenvalue weighted by molar-refractivity contribution is -0.138. The number of hydrogen-bond donors (Lipinski definition) is 0. The first kappa shape index (κ1) is 24.5. The number of benzene rings is 1. The van der Waals surface area contributed by atoms with Gasteiger partial charge in [0.2, 0.25) is 0 Å². The predicted molar refractivity (Wildman–Crippen MR) is 128 cm³/mol. The van der Waals surface area contributed by atoms with E-state index in [2.05, 4.69) is 4.98 Å². The van der Waals surface area contributed by atoms with Crippen LogP contribution in [0, 0.1) is 0 Å². The van der Waals surface area contributed by atoms with Gasteiger partial charge in [-0.3, -0.25) is 19.5 Å². The van der Waals surface area contributed by atoms with Gasteiger partial charge >= 0.3 is 0 Å². The molecule has 0 N–H and O–H groups in total. The van der Waals surface area contributed by atoms with Gasteiger partial charge in [-0.25, -0.2) is 0 Å². The highest BCUT2D eigenvalue weighted by atomic mass is 16.5.